The Hall–Kier alpha value is -2.25. The van der Waals surface area contributed by atoms with Crippen molar-refractivity contribution in [2.45, 2.75) is 13.5 Å². The van der Waals surface area contributed by atoms with Gasteiger partial charge in [0.05, 0.1) is 0 Å². The fourth-order valence-electron chi connectivity index (χ4n) is 1.76. The normalized spacial score (nSPS) is 10.3. The summed E-state index contributed by atoms with van der Waals surface area (Å²) in [6.45, 7) is 2.98. The second-order valence-electron chi connectivity index (χ2n) is 4.71. The summed E-state index contributed by atoms with van der Waals surface area (Å²) < 4.78 is 0. The van der Waals surface area contributed by atoms with Crippen molar-refractivity contribution in [3.05, 3.63) is 51.5 Å². The number of nitrogens with zero attached hydrogens (tertiary/aromatic N) is 1. The van der Waals surface area contributed by atoms with Crippen molar-refractivity contribution in [1.29, 1.82) is 0 Å². The van der Waals surface area contributed by atoms with E-state index in [1.165, 1.54) is 11.3 Å². The zero-order valence-corrected chi connectivity index (χ0v) is 13.1. The van der Waals surface area contributed by atoms with E-state index < -0.39 is 0 Å². The maximum absolute atomic E-state index is 11.9. The minimum atomic E-state index is -0.263. The summed E-state index contributed by atoms with van der Waals surface area (Å²) in [4.78, 5) is 27.8. The largest absolute Gasteiger partial charge is 0.350 e. The maximum Gasteiger partial charge on any atom is 0.270 e. The molecule has 1 aromatic carbocycles. The molecule has 1 aromatic heterocycles. The number of hydrogen-bond donors (Lipinski definition) is 3. The lowest BCUT2D eigenvalue weighted by molar-refractivity contribution is 0.0925. The predicted octanol–water partition coefficient (Wildman–Crippen LogP) is 1.07. The Morgan fingerprint density at radius 3 is 2.36 bits per heavy atom. The third-order valence-electron chi connectivity index (χ3n) is 2.97. The van der Waals surface area contributed by atoms with Crippen LogP contribution in [0.2, 0.25) is 0 Å². The Morgan fingerprint density at radius 2 is 1.77 bits per heavy atom. The Morgan fingerprint density at radius 1 is 1.14 bits per heavy atom. The number of carbonyl (C=O) groups excluding carboxylic acids is 2. The van der Waals surface area contributed by atoms with Gasteiger partial charge in [-0.25, -0.2) is 4.98 Å². The van der Waals surface area contributed by atoms with Gasteiger partial charge in [-0.2, -0.15) is 0 Å². The molecular formula is C15H18N4O2S. The van der Waals surface area contributed by atoms with E-state index in [0.29, 0.717) is 30.9 Å². The molecule has 0 aliphatic heterocycles. The molecule has 0 aliphatic rings. The second kappa shape index (κ2) is 7.67. The zero-order valence-electron chi connectivity index (χ0n) is 12.3. The standard InChI is InChI=1S/C15H18N4O2S/c1-10-2-4-11(5-3-10)14(20)17-6-7-18-15(21)12-9-22-13(8-16)19-12/h2-5,9H,6-8,16H2,1H3,(H,17,20)(H,18,21). The van der Waals surface area contributed by atoms with E-state index in [-0.39, 0.29) is 11.8 Å². The van der Waals surface area contributed by atoms with Crippen LogP contribution in [0.3, 0.4) is 0 Å². The monoisotopic (exact) mass is 318 g/mol. The first-order valence-corrected chi connectivity index (χ1v) is 7.75. The molecule has 0 fully saturated rings. The molecule has 0 atom stereocenters. The number of nitrogens with one attached hydrogen (secondary N) is 2. The fraction of sp³-hybridized carbons (Fsp3) is 0.267. The molecule has 0 spiro atoms. The van der Waals surface area contributed by atoms with Gasteiger partial charge in [0.2, 0.25) is 0 Å². The molecule has 0 unspecified atom stereocenters. The van der Waals surface area contributed by atoms with Crippen LogP contribution in [0, 0.1) is 6.92 Å². The number of aryl methyl sites for hydroxylation is 1. The minimum Gasteiger partial charge on any atom is -0.350 e. The van der Waals surface area contributed by atoms with Crippen LogP contribution in [-0.4, -0.2) is 29.9 Å². The molecule has 0 bridgehead atoms. The van der Waals surface area contributed by atoms with Gasteiger partial charge in [0, 0.05) is 30.6 Å². The number of carbonyl (C=O) groups is 2. The van der Waals surface area contributed by atoms with Gasteiger partial charge in [0.15, 0.2) is 0 Å². The zero-order chi connectivity index (χ0) is 15.9. The molecule has 2 rings (SSSR count). The molecule has 0 radical (unpaired) electrons. The SMILES string of the molecule is Cc1ccc(C(=O)NCCNC(=O)c2csc(CN)n2)cc1. The number of aromatic nitrogens is 1. The summed E-state index contributed by atoms with van der Waals surface area (Å²) in [5.41, 5.74) is 7.51. The van der Waals surface area contributed by atoms with E-state index in [4.69, 9.17) is 5.73 Å². The Bertz CT molecular complexity index is 652. The van der Waals surface area contributed by atoms with Gasteiger partial charge in [-0.3, -0.25) is 9.59 Å². The maximum atomic E-state index is 11.9. The van der Waals surface area contributed by atoms with Crippen LogP contribution >= 0.6 is 11.3 Å². The van der Waals surface area contributed by atoms with Crippen molar-refractivity contribution < 1.29 is 9.59 Å². The van der Waals surface area contributed by atoms with Gasteiger partial charge >= 0.3 is 0 Å². The molecule has 1 heterocycles. The molecular weight excluding hydrogens is 300 g/mol. The smallest absolute Gasteiger partial charge is 0.270 e. The van der Waals surface area contributed by atoms with E-state index in [9.17, 15) is 9.59 Å². The highest BCUT2D eigenvalue weighted by atomic mass is 32.1. The van der Waals surface area contributed by atoms with Crippen LogP contribution in [0.1, 0.15) is 31.4 Å². The number of amides is 2. The van der Waals surface area contributed by atoms with Gasteiger partial charge in [-0.05, 0) is 19.1 Å². The van der Waals surface area contributed by atoms with Crippen LogP contribution in [0.15, 0.2) is 29.6 Å². The van der Waals surface area contributed by atoms with Gasteiger partial charge in [0.1, 0.15) is 10.7 Å². The quantitative estimate of drug-likeness (QED) is 0.694. The molecule has 2 amide bonds. The lowest BCUT2D eigenvalue weighted by Crippen LogP contribution is -2.34. The summed E-state index contributed by atoms with van der Waals surface area (Å²) in [6, 6.07) is 7.31. The molecule has 6 nitrogen and oxygen atoms in total. The average molecular weight is 318 g/mol. The second-order valence-corrected chi connectivity index (χ2v) is 5.65. The van der Waals surface area contributed by atoms with Crippen LogP contribution in [0.4, 0.5) is 0 Å². The van der Waals surface area contributed by atoms with E-state index in [2.05, 4.69) is 15.6 Å². The van der Waals surface area contributed by atoms with E-state index >= 15 is 0 Å². The van der Waals surface area contributed by atoms with Crippen LogP contribution in [-0.2, 0) is 6.54 Å². The topological polar surface area (TPSA) is 97.1 Å². The molecule has 7 heteroatoms. The lowest BCUT2D eigenvalue weighted by atomic mass is 10.1. The number of nitrogens with two attached hydrogens (primary N) is 1. The Balaban J connectivity index is 1.73. The Labute approximate surface area is 132 Å². The third-order valence-corrected chi connectivity index (χ3v) is 3.84. The highest BCUT2D eigenvalue weighted by Gasteiger charge is 2.10. The first-order valence-electron chi connectivity index (χ1n) is 6.87. The summed E-state index contributed by atoms with van der Waals surface area (Å²) in [5, 5.41) is 7.84. The number of thiazole rings is 1. The number of benzene rings is 1. The minimum absolute atomic E-state index is 0.159. The first-order chi connectivity index (χ1) is 10.6. The summed E-state index contributed by atoms with van der Waals surface area (Å²) in [7, 11) is 0. The van der Waals surface area contributed by atoms with Crippen molar-refractivity contribution in [3.8, 4) is 0 Å². The van der Waals surface area contributed by atoms with Crippen molar-refractivity contribution in [1.82, 2.24) is 15.6 Å². The molecule has 4 N–H and O–H groups in total. The molecule has 0 saturated heterocycles. The Kier molecular flexibility index (Phi) is 5.62. The van der Waals surface area contributed by atoms with Crippen molar-refractivity contribution in [3.63, 3.8) is 0 Å². The van der Waals surface area contributed by atoms with Crippen LogP contribution in [0.25, 0.3) is 0 Å². The summed E-state index contributed by atoms with van der Waals surface area (Å²) >= 11 is 1.35. The van der Waals surface area contributed by atoms with Gasteiger partial charge in [-0.15, -0.1) is 11.3 Å². The lowest BCUT2D eigenvalue weighted by Gasteiger charge is -2.06. The molecule has 0 aliphatic carbocycles. The number of rotatable bonds is 6. The average Bonchev–Trinajstić information content (AvgIpc) is 3.01. The summed E-state index contributed by atoms with van der Waals surface area (Å²) in [6.07, 6.45) is 0. The molecule has 22 heavy (non-hydrogen) atoms. The highest BCUT2D eigenvalue weighted by Crippen LogP contribution is 2.08. The van der Waals surface area contributed by atoms with E-state index in [1.807, 2.05) is 19.1 Å². The van der Waals surface area contributed by atoms with Crippen LogP contribution in [0.5, 0.6) is 0 Å². The van der Waals surface area contributed by atoms with Gasteiger partial charge < -0.3 is 16.4 Å². The van der Waals surface area contributed by atoms with Crippen molar-refractivity contribution >= 4 is 23.2 Å². The number of hydrogen-bond acceptors (Lipinski definition) is 5. The third kappa shape index (κ3) is 4.37. The predicted molar refractivity (Wildman–Crippen MR) is 85.9 cm³/mol. The van der Waals surface area contributed by atoms with E-state index in [0.717, 1.165) is 10.6 Å². The highest BCUT2D eigenvalue weighted by molar-refractivity contribution is 7.09. The van der Waals surface area contributed by atoms with Gasteiger partial charge in [0.25, 0.3) is 11.8 Å². The van der Waals surface area contributed by atoms with Gasteiger partial charge in [-0.1, -0.05) is 17.7 Å². The molecule has 116 valence electrons. The van der Waals surface area contributed by atoms with Crippen molar-refractivity contribution in [2.24, 2.45) is 5.73 Å². The first kappa shape index (κ1) is 16.1. The summed E-state index contributed by atoms with van der Waals surface area (Å²) in [5.74, 6) is -0.422. The molecule has 0 saturated carbocycles. The fourth-order valence-corrected chi connectivity index (χ4v) is 2.41. The van der Waals surface area contributed by atoms with Crippen LogP contribution < -0.4 is 16.4 Å². The van der Waals surface area contributed by atoms with Crippen molar-refractivity contribution in [2.75, 3.05) is 13.1 Å². The molecule has 2 aromatic rings. The van der Waals surface area contributed by atoms with E-state index in [1.54, 1.807) is 17.5 Å².